The third kappa shape index (κ3) is 2.49. The Balaban J connectivity index is 1.65. The summed E-state index contributed by atoms with van der Waals surface area (Å²) in [5, 5.41) is 1.01. The van der Waals surface area contributed by atoms with Crippen molar-refractivity contribution in [2.24, 2.45) is 0 Å². The maximum absolute atomic E-state index is 11.2. The molecule has 0 spiro atoms. The van der Waals surface area contributed by atoms with Crippen LogP contribution >= 0.6 is 11.6 Å². The van der Waals surface area contributed by atoms with Gasteiger partial charge in [-0.3, -0.25) is 4.79 Å². The minimum Gasteiger partial charge on any atom is -0.383 e. The average Bonchev–Trinajstić information content (AvgIpc) is 3.14. The molecule has 0 aromatic carbocycles. The van der Waals surface area contributed by atoms with Gasteiger partial charge in [-0.2, -0.15) is 4.98 Å². The Morgan fingerprint density at radius 2 is 2.13 bits per heavy atom. The summed E-state index contributed by atoms with van der Waals surface area (Å²) < 4.78 is 2.14. The summed E-state index contributed by atoms with van der Waals surface area (Å²) in [5.41, 5.74) is 7.81. The number of aromatic nitrogens is 4. The highest BCUT2D eigenvalue weighted by molar-refractivity contribution is 6.28. The van der Waals surface area contributed by atoms with Crippen molar-refractivity contribution in [3.05, 3.63) is 51.8 Å². The highest BCUT2D eigenvalue weighted by Crippen LogP contribution is 2.42. The van der Waals surface area contributed by atoms with Crippen molar-refractivity contribution >= 4 is 28.5 Å². The molecule has 3 aromatic rings. The molecule has 0 amide bonds. The van der Waals surface area contributed by atoms with Crippen LogP contribution in [0.2, 0.25) is 5.28 Å². The lowest BCUT2D eigenvalue weighted by atomic mass is 9.99. The minimum absolute atomic E-state index is 0.0680. The van der Waals surface area contributed by atoms with Crippen LogP contribution in [0.25, 0.3) is 11.0 Å². The monoisotopic (exact) mass is 329 g/mol. The minimum atomic E-state index is -0.0680. The van der Waals surface area contributed by atoms with E-state index in [0.717, 1.165) is 30.3 Å². The van der Waals surface area contributed by atoms with Crippen LogP contribution in [-0.2, 0) is 0 Å². The van der Waals surface area contributed by atoms with Gasteiger partial charge in [-0.05, 0) is 48.4 Å². The normalized spacial score (nSPS) is 21.1. The average molecular weight is 330 g/mol. The van der Waals surface area contributed by atoms with Crippen molar-refractivity contribution in [1.29, 1.82) is 0 Å². The second-order valence-corrected chi connectivity index (χ2v) is 6.33. The van der Waals surface area contributed by atoms with Crippen LogP contribution in [0.3, 0.4) is 0 Å². The number of pyridine rings is 1. The van der Waals surface area contributed by atoms with E-state index >= 15 is 0 Å². The van der Waals surface area contributed by atoms with Gasteiger partial charge in [-0.1, -0.05) is 6.07 Å². The largest absolute Gasteiger partial charge is 0.383 e. The van der Waals surface area contributed by atoms with E-state index in [-0.39, 0.29) is 10.8 Å². The Labute approximate surface area is 137 Å². The van der Waals surface area contributed by atoms with Gasteiger partial charge >= 0.3 is 0 Å². The molecular weight excluding hydrogens is 314 g/mol. The van der Waals surface area contributed by atoms with Crippen molar-refractivity contribution in [2.75, 3.05) is 5.73 Å². The molecule has 3 heterocycles. The van der Waals surface area contributed by atoms with Crippen molar-refractivity contribution in [2.45, 2.75) is 31.2 Å². The smallest absolute Gasteiger partial charge is 0.247 e. The molecule has 1 aliphatic carbocycles. The number of fused-ring (bicyclic) bond motifs is 1. The van der Waals surface area contributed by atoms with Crippen molar-refractivity contribution < 1.29 is 0 Å². The van der Waals surface area contributed by atoms with E-state index in [1.807, 2.05) is 24.5 Å². The Morgan fingerprint density at radius 1 is 1.26 bits per heavy atom. The number of hydrogen-bond donors (Lipinski definition) is 2. The van der Waals surface area contributed by atoms with E-state index in [9.17, 15) is 4.79 Å². The quantitative estimate of drug-likeness (QED) is 0.707. The summed E-state index contributed by atoms with van der Waals surface area (Å²) >= 11 is 5.95. The summed E-state index contributed by atoms with van der Waals surface area (Å²) in [6.45, 7) is 0. The third-order valence-corrected chi connectivity index (χ3v) is 4.82. The SMILES string of the molecule is Nc1nc(Cl)nc2c1ccn2C1CCC(c2ccc(=O)[nH]c2)C1. The van der Waals surface area contributed by atoms with Crippen LogP contribution in [-0.4, -0.2) is 19.5 Å². The van der Waals surface area contributed by atoms with Gasteiger partial charge in [0.2, 0.25) is 10.8 Å². The summed E-state index contributed by atoms with van der Waals surface area (Å²) in [6, 6.07) is 5.78. The number of rotatable bonds is 2. The van der Waals surface area contributed by atoms with Crippen LogP contribution in [0, 0.1) is 0 Å². The molecule has 0 aliphatic heterocycles. The number of nitrogen functional groups attached to an aromatic ring is 1. The third-order valence-electron chi connectivity index (χ3n) is 4.65. The molecule has 1 aliphatic rings. The van der Waals surface area contributed by atoms with Gasteiger partial charge in [-0.15, -0.1) is 0 Å². The number of nitrogens with zero attached hydrogens (tertiary/aromatic N) is 3. The zero-order valence-corrected chi connectivity index (χ0v) is 13.1. The van der Waals surface area contributed by atoms with Crippen LogP contribution in [0.5, 0.6) is 0 Å². The second-order valence-electron chi connectivity index (χ2n) is 5.99. The molecule has 0 saturated heterocycles. The fourth-order valence-electron chi connectivity index (χ4n) is 3.51. The molecule has 4 rings (SSSR count). The lowest BCUT2D eigenvalue weighted by molar-refractivity contribution is 0.523. The van der Waals surface area contributed by atoms with E-state index in [4.69, 9.17) is 17.3 Å². The summed E-state index contributed by atoms with van der Waals surface area (Å²) in [6.07, 6.45) is 6.95. The number of nitrogens with one attached hydrogen (secondary N) is 1. The molecule has 23 heavy (non-hydrogen) atoms. The predicted molar refractivity (Wildman–Crippen MR) is 89.6 cm³/mol. The maximum Gasteiger partial charge on any atom is 0.247 e. The van der Waals surface area contributed by atoms with Gasteiger partial charge in [0.05, 0.1) is 5.39 Å². The van der Waals surface area contributed by atoms with Gasteiger partial charge < -0.3 is 15.3 Å². The molecule has 3 N–H and O–H groups in total. The number of hydrogen-bond acceptors (Lipinski definition) is 4. The first kappa shape index (κ1) is 14.3. The molecule has 1 fully saturated rings. The maximum atomic E-state index is 11.2. The van der Waals surface area contributed by atoms with Gasteiger partial charge in [0.1, 0.15) is 11.5 Å². The molecule has 0 bridgehead atoms. The van der Waals surface area contributed by atoms with Gasteiger partial charge in [-0.25, -0.2) is 4.98 Å². The van der Waals surface area contributed by atoms with Crippen LogP contribution in [0.1, 0.15) is 36.8 Å². The zero-order chi connectivity index (χ0) is 16.0. The topological polar surface area (TPSA) is 89.6 Å². The fraction of sp³-hybridized carbons (Fsp3) is 0.312. The second kappa shape index (κ2) is 5.38. The van der Waals surface area contributed by atoms with E-state index in [1.165, 1.54) is 5.56 Å². The Bertz CT molecular complexity index is 911. The van der Waals surface area contributed by atoms with Crippen molar-refractivity contribution in [1.82, 2.24) is 19.5 Å². The summed E-state index contributed by atoms with van der Waals surface area (Å²) in [5.74, 6) is 0.845. The van der Waals surface area contributed by atoms with Crippen LogP contribution < -0.4 is 11.3 Å². The summed E-state index contributed by atoms with van der Waals surface area (Å²) in [4.78, 5) is 22.3. The van der Waals surface area contributed by atoms with E-state index in [0.29, 0.717) is 17.8 Å². The van der Waals surface area contributed by atoms with Crippen LogP contribution in [0.15, 0.2) is 35.4 Å². The first-order chi connectivity index (χ1) is 11.1. The number of halogens is 1. The van der Waals surface area contributed by atoms with E-state index in [2.05, 4.69) is 19.5 Å². The van der Waals surface area contributed by atoms with Crippen molar-refractivity contribution in [3.63, 3.8) is 0 Å². The molecule has 7 heteroatoms. The molecule has 0 radical (unpaired) electrons. The standard InChI is InChI=1S/C16H16ClN5O/c17-16-20-14(18)12-5-6-22(15(12)21-16)11-3-1-9(7-11)10-2-4-13(23)19-8-10/h2,4-6,8-9,11H,1,3,7H2,(H,19,23)(H2,18,20,21). The molecule has 6 nitrogen and oxygen atoms in total. The molecular formula is C16H16ClN5O. The highest BCUT2D eigenvalue weighted by Gasteiger charge is 2.28. The highest BCUT2D eigenvalue weighted by atomic mass is 35.5. The number of H-pyrrole nitrogens is 1. The summed E-state index contributed by atoms with van der Waals surface area (Å²) in [7, 11) is 0. The van der Waals surface area contributed by atoms with E-state index in [1.54, 1.807) is 6.07 Å². The fourth-order valence-corrected chi connectivity index (χ4v) is 3.68. The Hall–Kier alpha value is -2.34. The first-order valence-corrected chi connectivity index (χ1v) is 7.98. The Morgan fingerprint density at radius 3 is 2.91 bits per heavy atom. The predicted octanol–water partition coefficient (Wildman–Crippen LogP) is 2.86. The lowest BCUT2D eigenvalue weighted by Crippen LogP contribution is -2.07. The number of anilines is 1. The van der Waals surface area contributed by atoms with Gasteiger partial charge in [0.15, 0.2) is 0 Å². The molecule has 2 atom stereocenters. The number of aromatic amines is 1. The lowest BCUT2D eigenvalue weighted by Gasteiger charge is -2.14. The van der Waals surface area contributed by atoms with E-state index < -0.39 is 0 Å². The van der Waals surface area contributed by atoms with Crippen molar-refractivity contribution in [3.8, 4) is 0 Å². The zero-order valence-electron chi connectivity index (χ0n) is 12.4. The molecule has 3 aromatic heterocycles. The Kier molecular flexibility index (Phi) is 3.34. The molecule has 2 unspecified atom stereocenters. The first-order valence-electron chi connectivity index (χ1n) is 7.60. The van der Waals surface area contributed by atoms with Gasteiger partial charge in [0, 0.05) is 24.5 Å². The number of nitrogens with two attached hydrogens (primary N) is 1. The van der Waals surface area contributed by atoms with Gasteiger partial charge in [0.25, 0.3) is 0 Å². The van der Waals surface area contributed by atoms with Crippen LogP contribution in [0.4, 0.5) is 5.82 Å². The molecule has 118 valence electrons. The molecule has 1 saturated carbocycles.